The van der Waals surface area contributed by atoms with Gasteiger partial charge in [-0.2, -0.15) is 5.26 Å². The number of carbonyl (C=O) groups is 1. The van der Waals surface area contributed by atoms with Gasteiger partial charge in [-0.1, -0.05) is 0 Å². The maximum Gasteiger partial charge on any atom is 0.305 e. The number of furan rings is 1. The molecular formula is C10H10N2O3. The Kier molecular flexibility index (Phi) is 3.66. The van der Waals surface area contributed by atoms with Crippen molar-refractivity contribution in [2.45, 2.75) is 12.5 Å². The van der Waals surface area contributed by atoms with Crippen LogP contribution in [0.4, 0.5) is 0 Å². The zero-order valence-electron chi connectivity index (χ0n) is 7.88. The van der Waals surface area contributed by atoms with E-state index >= 15 is 0 Å². The van der Waals surface area contributed by atoms with Gasteiger partial charge in [0.1, 0.15) is 5.76 Å². The van der Waals surface area contributed by atoms with Gasteiger partial charge in [-0.15, -0.1) is 0 Å². The molecule has 5 heteroatoms. The average molecular weight is 206 g/mol. The topological polar surface area (TPSA) is 100 Å². The highest BCUT2D eigenvalue weighted by atomic mass is 16.4. The molecule has 1 unspecified atom stereocenters. The fourth-order valence-electron chi connectivity index (χ4n) is 1.05. The van der Waals surface area contributed by atoms with Gasteiger partial charge < -0.3 is 15.3 Å². The van der Waals surface area contributed by atoms with Crippen LogP contribution in [0.3, 0.4) is 0 Å². The fraction of sp³-hybridized carbons (Fsp3) is 0.200. The van der Waals surface area contributed by atoms with Crippen LogP contribution in [-0.2, 0) is 4.79 Å². The molecule has 0 radical (unpaired) electrons. The van der Waals surface area contributed by atoms with Crippen molar-refractivity contribution in [3.05, 3.63) is 29.7 Å². The SMILES string of the molecule is N#C/C(=C/c1ccco1)C(N)CC(=O)O. The van der Waals surface area contributed by atoms with E-state index in [1.165, 1.54) is 12.3 Å². The van der Waals surface area contributed by atoms with Crippen LogP contribution < -0.4 is 5.73 Å². The molecule has 1 rings (SSSR count). The first kappa shape index (κ1) is 11.0. The zero-order chi connectivity index (χ0) is 11.3. The molecule has 0 aliphatic rings. The van der Waals surface area contributed by atoms with E-state index in [1.54, 1.807) is 12.1 Å². The van der Waals surface area contributed by atoms with Crippen LogP contribution in [0.5, 0.6) is 0 Å². The molecule has 0 bridgehead atoms. The maximum atomic E-state index is 10.4. The summed E-state index contributed by atoms with van der Waals surface area (Å²) in [5, 5.41) is 17.3. The summed E-state index contributed by atoms with van der Waals surface area (Å²) in [6, 6.07) is 4.38. The molecule has 1 aromatic rings. The third kappa shape index (κ3) is 3.29. The van der Waals surface area contributed by atoms with Gasteiger partial charge >= 0.3 is 5.97 Å². The van der Waals surface area contributed by atoms with Crippen LogP contribution in [0.25, 0.3) is 6.08 Å². The summed E-state index contributed by atoms with van der Waals surface area (Å²) >= 11 is 0. The van der Waals surface area contributed by atoms with Crippen molar-refractivity contribution in [3.63, 3.8) is 0 Å². The molecule has 1 atom stereocenters. The largest absolute Gasteiger partial charge is 0.481 e. The summed E-state index contributed by atoms with van der Waals surface area (Å²) in [7, 11) is 0. The van der Waals surface area contributed by atoms with Gasteiger partial charge in [0.05, 0.1) is 30.4 Å². The van der Waals surface area contributed by atoms with Crippen LogP contribution >= 0.6 is 0 Å². The third-order valence-corrected chi connectivity index (χ3v) is 1.76. The number of nitrogens with two attached hydrogens (primary N) is 1. The molecule has 78 valence electrons. The lowest BCUT2D eigenvalue weighted by molar-refractivity contribution is -0.137. The van der Waals surface area contributed by atoms with Crippen LogP contribution in [0, 0.1) is 11.3 Å². The second-order valence-corrected chi connectivity index (χ2v) is 2.93. The zero-order valence-corrected chi connectivity index (χ0v) is 7.88. The Morgan fingerprint density at radius 3 is 3.00 bits per heavy atom. The van der Waals surface area contributed by atoms with Gasteiger partial charge in [0.25, 0.3) is 0 Å². The smallest absolute Gasteiger partial charge is 0.305 e. The number of hydrogen-bond acceptors (Lipinski definition) is 4. The maximum absolute atomic E-state index is 10.4. The first-order chi connectivity index (χ1) is 7.13. The van der Waals surface area contributed by atoms with Crippen molar-refractivity contribution >= 4 is 12.0 Å². The van der Waals surface area contributed by atoms with Crippen molar-refractivity contribution in [1.82, 2.24) is 0 Å². The molecule has 0 aliphatic carbocycles. The van der Waals surface area contributed by atoms with E-state index in [0.29, 0.717) is 5.76 Å². The highest BCUT2D eigenvalue weighted by molar-refractivity contribution is 5.69. The lowest BCUT2D eigenvalue weighted by atomic mass is 10.1. The predicted octanol–water partition coefficient (Wildman–Crippen LogP) is 0.989. The Morgan fingerprint density at radius 2 is 2.53 bits per heavy atom. The standard InChI is InChI=1S/C10H10N2O3/c11-6-7(9(12)5-10(13)14)4-8-2-1-3-15-8/h1-4,9H,5,12H2,(H,13,14)/b7-4-. The van der Waals surface area contributed by atoms with Gasteiger partial charge in [0, 0.05) is 0 Å². The lowest BCUT2D eigenvalue weighted by Crippen LogP contribution is -2.25. The fourth-order valence-corrected chi connectivity index (χ4v) is 1.05. The molecule has 0 spiro atoms. The van der Waals surface area contributed by atoms with Crippen molar-refractivity contribution in [2.75, 3.05) is 0 Å². The molecule has 15 heavy (non-hydrogen) atoms. The van der Waals surface area contributed by atoms with E-state index in [1.807, 2.05) is 6.07 Å². The minimum Gasteiger partial charge on any atom is -0.481 e. The number of aliphatic carboxylic acids is 1. The van der Waals surface area contributed by atoms with Crippen molar-refractivity contribution < 1.29 is 14.3 Å². The monoisotopic (exact) mass is 206 g/mol. The molecule has 3 N–H and O–H groups in total. The van der Waals surface area contributed by atoms with Crippen molar-refractivity contribution in [2.24, 2.45) is 5.73 Å². The molecule has 0 aromatic carbocycles. The molecule has 0 saturated heterocycles. The highest BCUT2D eigenvalue weighted by Gasteiger charge is 2.13. The van der Waals surface area contributed by atoms with Crippen molar-refractivity contribution in [1.29, 1.82) is 5.26 Å². The first-order valence-electron chi connectivity index (χ1n) is 4.26. The van der Waals surface area contributed by atoms with Crippen LogP contribution in [0.15, 0.2) is 28.4 Å². The number of carboxylic acid groups (broad SMARTS) is 1. The highest BCUT2D eigenvalue weighted by Crippen LogP contribution is 2.10. The number of nitriles is 1. The van der Waals surface area contributed by atoms with Crippen LogP contribution in [0.2, 0.25) is 0 Å². The Labute approximate surface area is 86.4 Å². The lowest BCUT2D eigenvalue weighted by Gasteiger charge is -2.05. The minimum atomic E-state index is -1.04. The second kappa shape index (κ2) is 4.98. The quantitative estimate of drug-likeness (QED) is 0.715. The molecule has 0 aliphatic heterocycles. The van der Waals surface area contributed by atoms with E-state index in [4.69, 9.17) is 20.5 Å². The molecule has 1 heterocycles. The van der Waals surface area contributed by atoms with E-state index in [-0.39, 0.29) is 12.0 Å². The van der Waals surface area contributed by atoms with Gasteiger partial charge in [0.15, 0.2) is 0 Å². The van der Waals surface area contributed by atoms with E-state index in [9.17, 15) is 4.79 Å². The predicted molar refractivity (Wildman–Crippen MR) is 52.5 cm³/mol. The Hall–Kier alpha value is -2.06. The third-order valence-electron chi connectivity index (χ3n) is 1.76. The van der Waals surface area contributed by atoms with Crippen molar-refractivity contribution in [3.8, 4) is 6.07 Å². The molecule has 0 fully saturated rings. The van der Waals surface area contributed by atoms with E-state index < -0.39 is 12.0 Å². The normalized spacial score (nSPS) is 13.2. The minimum absolute atomic E-state index is 0.187. The summed E-state index contributed by atoms with van der Waals surface area (Å²) in [5.41, 5.74) is 5.72. The Morgan fingerprint density at radius 1 is 1.80 bits per heavy atom. The molecule has 0 saturated carbocycles. The molecule has 0 amide bonds. The van der Waals surface area contributed by atoms with Gasteiger partial charge in [-0.3, -0.25) is 4.79 Å². The van der Waals surface area contributed by atoms with Crippen LogP contribution in [0.1, 0.15) is 12.2 Å². The first-order valence-corrected chi connectivity index (χ1v) is 4.26. The summed E-state index contributed by atoms with van der Waals surface area (Å²) in [6.07, 6.45) is 2.62. The summed E-state index contributed by atoms with van der Waals surface area (Å²) in [4.78, 5) is 10.4. The van der Waals surface area contributed by atoms with E-state index in [0.717, 1.165) is 0 Å². The van der Waals surface area contributed by atoms with Gasteiger partial charge in [-0.25, -0.2) is 0 Å². The number of nitrogens with zero attached hydrogens (tertiary/aromatic N) is 1. The average Bonchev–Trinajstić information content (AvgIpc) is 2.65. The molecule has 5 nitrogen and oxygen atoms in total. The Bertz CT molecular complexity index is 401. The molecular weight excluding hydrogens is 196 g/mol. The van der Waals surface area contributed by atoms with Gasteiger partial charge in [0.2, 0.25) is 0 Å². The number of hydrogen-bond donors (Lipinski definition) is 2. The molecule has 1 aromatic heterocycles. The summed E-state index contributed by atoms with van der Waals surface area (Å²) in [5.74, 6) is -0.560. The van der Waals surface area contributed by atoms with E-state index in [2.05, 4.69) is 0 Å². The van der Waals surface area contributed by atoms with Crippen LogP contribution in [-0.4, -0.2) is 17.1 Å². The number of rotatable bonds is 4. The Balaban J connectivity index is 2.80. The second-order valence-electron chi connectivity index (χ2n) is 2.93. The number of carboxylic acids is 1. The van der Waals surface area contributed by atoms with Gasteiger partial charge in [-0.05, 0) is 18.2 Å². The summed E-state index contributed by atoms with van der Waals surface area (Å²) < 4.78 is 4.99. The summed E-state index contributed by atoms with van der Waals surface area (Å²) in [6.45, 7) is 0.